The zero-order valence-electron chi connectivity index (χ0n) is 26.5. The Kier molecular flexibility index (Phi) is 11.1. The molecule has 1 aromatic carbocycles. The number of nitrogens with zero attached hydrogens (tertiary/aromatic N) is 2. The molecule has 0 radical (unpaired) electrons. The number of amides is 3. The summed E-state index contributed by atoms with van der Waals surface area (Å²) in [6.45, 7) is 9.30. The van der Waals surface area contributed by atoms with E-state index in [1.54, 1.807) is 19.1 Å². The van der Waals surface area contributed by atoms with Gasteiger partial charge in [-0.3, -0.25) is 19.2 Å². The third-order valence-electron chi connectivity index (χ3n) is 10.1. The van der Waals surface area contributed by atoms with Gasteiger partial charge in [-0.05, 0) is 38.2 Å². The highest BCUT2D eigenvalue weighted by molar-refractivity contribution is 9.09. The Morgan fingerprint density at radius 2 is 1.91 bits per heavy atom. The van der Waals surface area contributed by atoms with Crippen LogP contribution in [-0.2, 0) is 28.7 Å². The molecule has 3 heterocycles. The lowest BCUT2D eigenvalue weighted by atomic mass is 9.70. The number of carbonyl (C=O) groups is 4. The highest BCUT2D eigenvalue weighted by Gasteiger charge is 2.77. The van der Waals surface area contributed by atoms with Crippen molar-refractivity contribution in [2.24, 2.45) is 11.8 Å². The Hall–Kier alpha value is -3.02. The normalized spacial score (nSPS) is 29.9. The lowest BCUT2D eigenvalue weighted by molar-refractivity contribution is -0.161. The maximum atomic E-state index is 14.7. The number of ether oxygens (including phenoxy) is 2. The SMILES string of the molecule is C=CCCC(=O)NC[C@@H](OC(=O)[C@H]1[C@@H]2O[C@@]3(CC2Br)[C@@H]1C(=O)N([C@H](C)CO)[C@@H]3C(=O)N(CC=C)C1CCCCC1)c1ccccc1. The molecule has 2 N–H and O–H groups in total. The first kappa shape index (κ1) is 34.3. The van der Waals surface area contributed by atoms with Gasteiger partial charge in [-0.1, -0.05) is 77.7 Å². The first-order chi connectivity index (χ1) is 22.2. The number of benzene rings is 1. The van der Waals surface area contributed by atoms with Crippen LogP contribution >= 0.6 is 15.9 Å². The maximum Gasteiger partial charge on any atom is 0.313 e. The average Bonchev–Trinajstić information content (AvgIpc) is 3.67. The van der Waals surface area contributed by atoms with E-state index in [1.165, 1.54) is 4.90 Å². The Balaban J connectivity index is 1.46. The van der Waals surface area contributed by atoms with E-state index >= 15 is 0 Å². The zero-order chi connectivity index (χ0) is 33.0. The number of halogens is 1. The lowest BCUT2D eigenvalue weighted by Crippen LogP contribution is -2.60. The van der Waals surface area contributed by atoms with Crippen molar-refractivity contribution in [3.05, 3.63) is 61.2 Å². The molecule has 0 aromatic heterocycles. The molecule has 2 bridgehead atoms. The predicted octanol–water partition coefficient (Wildman–Crippen LogP) is 3.83. The van der Waals surface area contributed by atoms with Gasteiger partial charge in [0.1, 0.15) is 17.7 Å². The van der Waals surface area contributed by atoms with Crippen molar-refractivity contribution in [2.45, 2.75) is 99.1 Å². The van der Waals surface area contributed by atoms with Gasteiger partial charge in [0, 0.05) is 23.8 Å². The number of carbonyl (C=O) groups excluding carboxylic acids is 4. The van der Waals surface area contributed by atoms with Gasteiger partial charge >= 0.3 is 5.97 Å². The van der Waals surface area contributed by atoms with Gasteiger partial charge in [-0.2, -0.15) is 0 Å². The third-order valence-corrected chi connectivity index (χ3v) is 10.9. The molecule has 3 saturated heterocycles. The molecule has 10 nitrogen and oxygen atoms in total. The number of hydrogen-bond donors (Lipinski definition) is 2. The van der Waals surface area contributed by atoms with Crippen molar-refractivity contribution in [1.29, 1.82) is 0 Å². The molecule has 4 fully saturated rings. The Labute approximate surface area is 279 Å². The number of aliphatic hydroxyl groups is 1. The van der Waals surface area contributed by atoms with Crippen LogP contribution in [0.4, 0.5) is 0 Å². The smallest absolute Gasteiger partial charge is 0.313 e. The number of fused-ring (bicyclic) bond motifs is 1. The van der Waals surface area contributed by atoms with Crippen LogP contribution in [0.25, 0.3) is 0 Å². The summed E-state index contributed by atoms with van der Waals surface area (Å²) < 4.78 is 12.8. The van der Waals surface area contributed by atoms with Crippen LogP contribution in [0.1, 0.15) is 70.0 Å². The summed E-state index contributed by atoms with van der Waals surface area (Å²) in [5.74, 6) is -3.38. The Morgan fingerprint density at radius 1 is 1.20 bits per heavy atom. The molecule has 1 aromatic rings. The molecule has 1 unspecified atom stereocenters. The number of esters is 1. The van der Waals surface area contributed by atoms with Crippen molar-refractivity contribution in [3.63, 3.8) is 0 Å². The second-order valence-corrected chi connectivity index (χ2v) is 14.2. The van der Waals surface area contributed by atoms with E-state index in [1.807, 2.05) is 35.2 Å². The molecule has 1 aliphatic carbocycles. The largest absolute Gasteiger partial charge is 0.455 e. The summed E-state index contributed by atoms with van der Waals surface area (Å²) in [4.78, 5) is 58.6. The van der Waals surface area contributed by atoms with Gasteiger partial charge in [0.25, 0.3) is 0 Å². The minimum atomic E-state index is -1.27. The molecule has 3 aliphatic heterocycles. The second kappa shape index (κ2) is 14.8. The van der Waals surface area contributed by atoms with E-state index in [0.29, 0.717) is 24.9 Å². The molecule has 250 valence electrons. The summed E-state index contributed by atoms with van der Waals surface area (Å²) in [5.41, 5.74) is -0.571. The van der Waals surface area contributed by atoms with Crippen molar-refractivity contribution in [2.75, 3.05) is 19.7 Å². The Bertz CT molecular complexity index is 1300. The summed E-state index contributed by atoms with van der Waals surface area (Å²) in [6, 6.07) is 7.47. The van der Waals surface area contributed by atoms with Crippen LogP contribution in [0, 0.1) is 11.8 Å². The van der Waals surface area contributed by atoms with Gasteiger partial charge in [-0.25, -0.2) is 0 Å². The fourth-order valence-corrected chi connectivity index (χ4v) is 8.87. The molecule has 1 saturated carbocycles. The van der Waals surface area contributed by atoms with Crippen molar-refractivity contribution < 1.29 is 33.8 Å². The molecular formula is C35H46BrN3O7. The molecule has 4 aliphatic rings. The number of likely N-dealkylation sites (tertiary alicyclic amines) is 1. The van der Waals surface area contributed by atoms with E-state index in [-0.39, 0.29) is 48.2 Å². The van der Waals surface area contributed by atoms with Crippen molar-refractivity contribution >= 4 is 39.6 Å². The minimum absolute atomic E-state index is 0.0172. The molecule has 1 spiro atoms. The zero-order valence-corrected chi connectivity index (χ0v) is 28.1. The molecule has 3 amide bonds. The average molecular weight is 701 g/mol. The van der Waals surface area contributed by atoms with Crippen LogP contribution in [0.15, 0.2) is 55.6 Å². The Morgan fingerprint density at radius 3 is 2.57 bits per heavy atom. The van der Waals surface area contributed by atoms with Crippen molar-refractivity contribution in [3.8, 4) is 0 Å². The highest BCUT2D eigenvalue weighted by Crippen LogP contribution is 2.61. The highest BCUT2D eigenvalue weighted by atomic mass is 79.9. The predicted molar refractivity (Wildman–Crippen MR) is 176 cm³/mol. The number of allylic oxidation sites excluding steroid dienone is 1. The fourth-order valence-electron chi connectivity index (χ4n) is 7.93. The van der Waals surface area contributed by atoms with E-state index in [2.05, 4.69) is 34.4 Å². The molecule has 8 atom stereocenters. The standard InChI is InChI=1S/C35H46BrN3O7/c1-4-6-17-27(41)37-20-26(23-13-9-7-10-14-23)45-34(44)28-29-32(42)39(22(3)21-40)31(35(29)19-25(36)30(28)46-35)33(43)38(18-5-2)24-15-11-8-12-16-24/h4-5,7,9-10,13-14,22,24-26,28-31,40H,1-2,6,8,11-12,15-21H2,3H3,(H,37,41)/t22-,25?,26-,28-,29+,30-,31-,35+/m1/s1. The lowest BCUT2D eigenvalue weighted by Gasteiger charge is -2.42. The third kappa shape index (κ3) is 6.42. The first-order valence-electron chi connectivity index (χ1n) is 16.5. The fraction of sp³-hybridized carbons (Fsp3) is 0.600. The summed E-state index contributed by atoms with van der Waals surface area (Å²) in [6.07, 6.45) is 7.93. The summed E-state index contributed by atoms with van der Waals surface area (Å²) in [5, 5.41) is 13.1. The van der Waals surface area contributed by atoms with Crippen LogP contribution in [0.5, 0.6) is 0 Å². The first-order valence-corrected chi connectivity index (χ1v) is 17.4. The number of aliphatic hydroxyl groups excluding tert-OH is 1. The van der Waals surface area contributed by atoms with Crippen LogP contribution in [-0.4, -0.2) is 93.0 Å². The van der Waals surface area contributed by atoms with Gasteiger partial charge < -0.3 is 29.7 Å². The van der Waals surface area contributed by atoms with Gasteiger partial charge in [0.15, 0.2) is 0 Å². The minimum Gasteiger partial charge on any atom is -0.455 e. The van der Waals surface area contributed by atoms with Crippen LogP contribution in [0.2, 0.25) is 0 Å². The van der Waals surface area contributed by atoms with Gasteiger partial charge in [-0.15, -0.1) is 13.2 Å². The topological polar surface area (TPSA) is 125 Å². The summed E-state index contributed by atoms with van der Waals surface area (Å²) >= 11 is 3.72. The van der Waals surface area contributed by atoms with Gasteiger partial charge in [0.2, 0.25) is 17.7 Å². The number of alkyl halides is 1. The monoisotopic (exact) mass is 699 g/mol. The number of hydrogen-bond acceptors (Lipinski definition) is 7. The van der Waals surface area contributed by atoms with E-state index < -0.39 is 47.7 Å². The number of nitrogens with one attached hydrogen (secondary N) is 1. The second-order valence-electron chi connectivity index (χ2n) is 13.0. The maximum absolute atomic E-state index is 14.7. The van der Waals surface area contributed by atoms with E-state index in [4.69, 9.17) is 9.47 Å². The summed E-state index contributed by atoms with van der Waals surface area (Å²) in [7, 11) is 0. The molecule has 46 heavy (non-hydrogen) atoms. The van der Waals surface area contributed by atoms with Crippen LogP contribution < -0.4 is 5.32 Å². The molecular weight excluding hydrogens is 654 g/mol. The van der Waals surface area contributed by atoms with Gasteiger partial charge in [0.05, 0.1) is 37.1 Å². The van der Waals surface area contributed by atoms with Crippen LogP contribution in [0.3, 0.4) is 0 Å². The van der Waals surface area contributed by atoms with E-state index in [0.717, 1.165) is 32.1 Å². The molecule has 5 rings (SSSR count). The van der Waals surface area contributed by atoms with E-state index in [9.17, 15) is 24.3 Å². The number of rotatable bonds is 14. The quantitative estimate of drug-likeness (QED) is 0.172. The molecule has 11 heteroatoms. The van der Waals surface area contributed by atoms with Crippen molar-refractivity contribution in [1.82, 2.24) is 15.1 Å².